The Labute approximate surface area is 140 Å². The Morgan fingerprint density at radius 1 is 0.783 bits per heavy atom. The predicted octanol–water partition coefficient (Wildman–Crippen LogP) is 5.52. The number of aryl methyl sites for hydroxylation is 1. The quantitative estimate of drug-likeness (QED) is 0.777. The van der Waals surface area contributed by atoms with Crippen molar-refractivity contribution in [3.63, 3.8) is 0 Å². The van der Waals surface area contributed by atoms with Gasteiger partial charge >= 0.3 is 0 Å². The summed E-state index contributed by atoms with van der Waals surface area (Å²) in [7, 11) is 3.99. The van der Waals surface area contributed by atoms with Crippen LogP contribution < -0.4 is 10.6 Å². The Morgan fingerprint density at radius 2 is 1.39 bits per heavy atom. The molecule has 2 unspecified atom stereocenters. The van der Waals surface area contributed by atoms with E-state index in [1.165, 1.54) is 53.7 Å². The maximum atomic E-state index is 3.34. The van der Waals surface area contributed by atoms with E-state index in [4.69, 9.17) is 0 Å². The Hall–Kier alpha value is -1.96. The largest absolute Gasteiger partial charge is 0.388 e. The van der Waals surface area contributed by atoms with E-state index in [-0.39, 0.29) is 0 Å². The van der Waals surface area contributed by atoms with Gasteiger partial charge in [-0.15, -0.1) is 0 Å². The molecule has 2 aromatic rings. The highest BCUT2D eigenvalue weighted by molar-refractivity contribution is 5.53. The van der Waals surface area contributed by atoms with Crippen molar-refractivity contribution < 1.29 is 0 Å². The van der Waals surface area contributed by atoms with Gasteiger partial charge in [-0.25, -0.2) is 0 Å². The molecular formula is C21H28N2. The monoisotopic (exact) mass is 308 g/mol. The number of benzene rings is 2. The molecule has 0 heterocycles. The van der Waals surface area contributed by atoms with Gasteiger partial charge < -0.3 is 10.6 Å². The molecule has 122 valence electrons. The van der Waals surface area contributed by atoms with Crippen molar-refractivity contribution in [1.82, 2.24) is 0 Å². The van der Waals surface area contributed by atoms with Crippen molar-refractivity contribution in [3.8, 4) is 0 Å². The van der Waals surface area contributed by atoms with Crippen LogP contribution in [-0.4, -0.2) is 14.1 Å². The van der Waals surface area contributed by atoms with Gasteiger partial charge in [0.25, 0.3) is 0 Å². The fraction of sp³-hybridized carbons (Fsp3) is 0.429. The van der Waals surface area contributed by atoms with Crippen molar-refractivity contribution in [2.24, 2.45) is 0 Å². The average Bonchev–Trinajstić information content (AvgIpc) is 2.62. The van der Waals surface area contributed by atoms with Gasteiger partial charge in [0.05, 0.1) is 0 Å². The first-order valence-electron chi connectivity index (χ1n) is 8.79. The van der Waals surface area contributed by atoms with Gasteiger partial charge in [-0.1, -0.05) is 37.1 Å². The molecule has 1 aliphatic carbocycles. The first-order chi connectivity index (χ1) is 11.2. The van der Waals surface area contributed by atoms with Crippen molar-refractivity contribution in [2.45, 2.75) is 44.4 Å². The summed E-state index contributed by atoms with van der Waals surface area (Å²) in [5, 5.41) is 6.55. The summed E-state index contributed by atoms with van der Waals surface area (Å²) in [6.45, 7) is 2.17. The second-order valence-corrected chi connectivity index (χ2v) is 6.69. The fourth-order valence-corrected chi connectivity index (χ4v) is 3.97. The van der Waals surface area contributed by atoms with Crippen LogP contribution >= 0.6 is 0 Å². The molecule has 0 saturated heterocycles. The van der Waals surface area contributed by atoms with Crippen LogP contribution in [0, 0.1) is 6.92 Å². The zero-order valence-corrected chi connectivity index (χ0v) is 14.5. The molecule has 1 fully saturated rings. The van der Waals surface area contributed by atoms with Crippen LogP contribution in [0.3, 0.4) is 0 Å². The first-order valence-corrected chi connectivity index (χ1v) is 8.79. The first kappa shape index (κ1) is 15.9. The van der Waals surface area contributed by atoms with Crippen molar-refractivity contribution in [1.29, 1.82) is 0 Å². The Morgan fingerprint density at radius 3 is 2.00 bits per heavy atom. The summed E-state index contributed by atoms with van der Waals surface area (Å²) >= 11 is 0. The van der Waals surface area contributed by atoms with E-state index in [0.717, 1.165) is 0 Å². The van der Waals surface area contributed by atoms with E-state index in [2.05, 4.69) is 60.0 Å². The van der Waals surface area contributed by atoms with Gasteiger partial charge in [0.1, 0.15) is 0 Å². The smallest absolute Gasteiger partial charge is 0.0370 e. The number of anilines is 2. The van der Waals surface area contributed by atoms with Crippen LogP contribution in [0.25, 0.3) is 0 Å². The van der Waals surface area contributed by atoms with Crippen molar-refractivity contribution >= 4 is 11.4 Å². The SMILES string of the molecule is CNc1ccc(C2CCCCC2c2ccc(C)c(NC)c2)cc1. The molecule has 23 heavy (non-hydrogen) atoms. The van der Waals surface area contributed by atoms with Crippen LogP contribution in [0.1, 0.15) is 54.2 Å². The molecule has 0 spiro atoms. The molecule has 0 aliphatic heterocycles. The lowest BCUT2D eigenvalue weighted by Gasteiger charge is -2.33. The molecular weight excluding hydrogens is 280 g/mol. The van der Waals surface area contributed by atoms with E-state index in [9.17, 15) is 0 Å². The number of nitrogens with one attached hydrogen (secondary N) is 2. The van der Waals surface area contributed by atoms with Crippen molar-refractivity contribution in [2.75, 3.05) is 24.7 Å². The third-order valence-corrected chi connectivity index (χ3v) is 5.35. The van der Waals surface area contributed by atoms with Crippen LogP contribution in [-0.2, 0) is 0 Å². The summed E-state index contributed by atoms with van der Waals surface area (Å²) in [5.74, 6) is 1.28. The fourth-order valence-electron chi connectivity index (χ4n) is 3.97. The van der Waals surface area contributed by atoms with Crippen LogP contribution in [0.2, 0.25) is 0 Å². The lowest BCUT2D eigenvalue weighted by atomic mass is 9.72. The van der Waals surface area contributed by atoms with E-state index >= 15 is 0 Å². The highest BCUT2D eigenvalue weighted by Crippen LogP contribution is 2.44. The molecule has 0 amide bonds. The molecule has 2 heteroatoms. The summed E-state index contributed by atoms with van der Waals surface area (Å²) in [4.78, 5) is 0. The van der Waals surface area contributed by atoms with Gasteiger partial charge in [-0.05, 0) is 66.5 Å². The Kier molecular flexibility index (Phi) is 4.90. The van der Waals surface area contributed by atoms with Gasteiger partial charge in [-0.2, -0.15) is 0 Å². The number of hydrogen-bond acceptors (Lipinski definition) is 2. The van der Waals surface area contributed by atoms with Gasteiger partial charge in [0, 0.05) is 25.5 Å². The summed E-state index contributed by atoms with van der Waals surface area (Å²) in [6.07, 6.45) is 5.29. The van der Waals surface area contributed by atoms with E-state index in [0.29, 0.717) is 11.8 Å². The molecule has 2 N–H and O–H groups in total. The molecule has 3 rings (SSSR count). The van der Waals surface area contributed by atoms with E-state index < -0.39 is 0 Å². The van der Waals surface area contributed by atoms with Crippen LogP contribution in [0.15, 0.2) is 42.5 Å². The summed E-state index contributed by atoms with van der Waals surface area (Å²) in [6, 6.07) is 16.0. The summed E-state index contributed by atoms with van der Waals surface area (Å²) in [5.41, 5.74) is 6.75. The van der Waals surface area contributed by atoms with Crippen LogP contribution in [0.4, 0.5) is 11.4 Å². The van der Waals surface area contributed by atoms with Crippen molar-refractivity contribution in [3.05, 3.63) is 59.2 Å². The molecule has 1 aliphatic rings. The third kappa shape index (κ3) is 3.36. The zero-order valence-electron chi connectivity index (χ0n) is 14.5. The van der Waals surface area contributed by atoms with Gasteiger partial charge in [0.2, 0.25) is 0 Å². The Bertz CT molecular complexity index is 645. The lowest BCUT2D eigenvalue weighted by Crippen LogP contribution is -2.16. The molecule has 0 radical (unpaired) electrons. The normalized spacial score (nSPS) is 21.0. The van der Waals surface area contributed by atoms with E-state index in [1.807, 2.05) is 14.1 Å². The summed E-state index contributed by atoms with van der Waals surface area (Å²) < 4.78 is 0. The predicted molar refractivity (Wildman–Crippen MR) is 101 cm³/mol. The number of rotatable bonds is 4. The molecule has 1 saturated carbocycles. The molecule has 0 aromatic heterocycles. The molecule has 2 atom stereocenters. The Balaban J connectivity index is 1.91. The van der Waals surface area contributed by atoms with Gasteiger partial charge in [-0.3, -0.25) is 0 Å². The minimum atomic E-state index is 0.636. The van der Waals surface area contributed by atoms with Gasteiger partial charge in [0.15, 0.2) is 0 Å². The minimum Gasteiger partial charge on any atom is -0.388 e. The standard InChI is InChI=1S/C21H28N2/c1-15-8-9-17(14-21(15)23-3)20-7-5-4-6-19(20)16-10-12-18(22-2)13-11-16/h8-14,19-20,22-23H,4-7H2,1-3H3. The topological polar surface area (TPSA) is 24.1 Å². The lowest BCUT2D eigenvalue weighted by molar-refractivity contribution is 0.386. The molecule has 2 aromatic carbocycles. The third-order valence-electron chi connectivity index (χ3n) is 5.35. The molecule has 2 nitrogen and oxygen atoms in total. The zero-order chi connectivity index (χ0) is 16.2. The second kappa shape index (κ2) is 7.08. The maximum Gasteiger partial charge on any atom is 0.0370 e. The molecule has 0 bridgehead atoms. The number of hydrogen-bond donors (Lipinski definition) is 2. The second-order valence-electron chi connectivity index (χ2n) is 6.69. The minimum absolute atomic E-state index is 0.636. The average molecular weight is 308 g/mol. The maximum absolute atomic E-state index is 3.34. The van der Waals surface area contributed by atoms with Crippen LogP contribution in [0.5, 0.6) is 0 Å². The highest BCUT2D eigenvalue weighted by Gasteiger charge is 2.28. The highest BCUT2D eigenvalue weighted by atomic mass is 14.8. The van der Waals surface area contributed by atoms with E-state index in [1.54, 1.807) is 0 Å².